The Morgan fingerprint density at radius 1 is 1.33 bits per heavy atom. The van der Waals surface area contributed by atoms with Crippen LogP contribution in [-0.4, -0.2) is 48.4 Å². The van der Waals surface area contributed by atoms with Gasteiger partial charge in [0.05, 0.1) is 23.7 Å². The van der Waals surface area contributed by atoms with Crippen molar-refractivity contribution in [3.05, 3.63) is 12.0 Å². The monoisotopic (exact) mass is 290 g/mol. The molecule has 0 radical (unpaired) electrons. The first-order chi connectivity index (χ1) is 9.94. The van der Waals surface area contributed by atoms with Gasteiger partial charge in [0.2, 0.25) is 0 Å². The summed E-state index contributed by atoms with van der Waals surface area (Å²) >= 11 is 0. The van der Waals surface area contributed by atoms with E-state index in [1.54, 1.807) is 10.9 Å². The lowest BCUT2D eigenvalue weighted by molar-refractivity contribution is 0.0443. The zero-order valence-corrected chi connectivity index (χ0v) is 12.6. The van der Waals surface area contributed by atoms with Crippen LogP contribution in [0.25, 0.3) is 11.0 Å². The molecular formula is C14H22N6O. The number of hydrogen-bond donors (Lipinski definition) is 2. The van der Waals surface area contributed by atoms with E-state index < -0.39 is 5.60 Å². The van der Waals surface area contributed by atoms with Crippen LogP contribution in [0.1, 0.15) is 32.0 Å². The molecule has 0 amide bonds. The van der Waals surface area contributed by atoms with E-state index in [4.69, 9.17) is 5.73 Å². The SMILES string of the molecule is Cn1ncc2c(N)nc(CN3CCCC(C)(O)CC3)nc21. The van der Waals surface area contributed by atoms with Gasteiger partial charge in [-0.1, -0.05) is 0 Å². The number of aryl methyl sites for hydroxylation is 1. The molecule has 0 aliphatic carbocycles. The van der Waals surface area contributed by atoms with Crippen LogP contribution in [0.2, 0.25) is 0 Å². The van der Waals surface area contributed by atoms with Crippen LogP contribution in [0.3, 0.4) is 0 Å². The van der Waals surface area contributed by atoms with Gasteiger partial charge < -0.3 is 10.8 Å². The third-order valence-corrected chi connectivity index (χ3v) is 4.19. The fourth-order valence-corrected chi connectivity index (χ4v) is 2.84. The summed E-state index contributed by atoms with van der Waals surface area (Å²) in [5, 5.41) is 15.1. The van der Waals surface area contributed by atoms with Crippen molar-refractivity contribution >= 4 is 16.9 Å². The number of nitrogens with two attached hydrogens (primary N) is 1. The first-order valence-corrected chi connectivity index (χ1v) is 7.33. The Bertz CT molecular complexity index is 650. The Labute approximate surface area is 123 Å². The number of anilines is 1. The van der Waals surface area contributed by atoms with Crippen molar-refractivity contribution in [1.29, 1.82) is 0 Å². The molecule has 114 valence electrons. The third-order valence-electron chi connectivity index (χ3n) is 4.19. The molecule has 7 heteroatoms. The predicted molar refractivity (Wildman–Crippen MR) is 80.5 cm³/mol. The van der Waals surface area contributed by atoms with Gasteiger partial charge in [0.1, 0.15) is 11.6 Å². The molecule has 1 saturated heterocycles. The number of hydrogen-bond acceptors (Lipinski definition) is 6. The Morgan fingerprint density at radius 2 is 2.14 bits per heavy atom. The summed E-state index contributed by atoms with van der Waals surface area (Å²) < 4.78 is 1.71. The molecule has 0 aromatic carbocycles. The lowest BCUT2D eigenvalue weighted by Crippen LogP contribution is -2.28. The topological polar surface area (TPSA) is 93.1 Å². The quantitative estimate of drug-likeness (QED) is 0.845. The van der Waals surface area contributed by atoms with E-state index in [0.29, 0.717) is 18.2 Å². The van der Waals surface area contributed by atoms with Crippen molar-refractivity contribution in [2.75, 3.05) is 18.8 Å². The van der Waals surface area contributed by atoms with Gasteiger partial charge in [-0.05, 0) is 32.7 Å². The maximum atomic E-state index is 10.1. The van der Waals surface area contributed by atoms with Crippen LogP contribution < -0.4 is 5.73 Å². The van der Waals surface area contributed by atoms with Gasteiger partial charge in [-0.2, -0.15) is 5.10 Å². The number of fused-ring (bicyclic) bond motifs is 1. The van der Waals surface area contributed by atoms with E-state index in [1.165, 1.54) is 0 Å². The second kappa shape index (κ2) is 5.23. The highest BCUT2D eigenvalue weighted by Crippen LogP contribution is 2.23. The molecule has 3 heterocycles. The molecule has 1 unspecified atom stereocenters. The molecule has 21 heavy (non-hydrogen) atoms. The Hall–Kier alpha value is -1.73. The zero-order valence-electron chi connectivity index (χ0n) is 12.6. The Morgan fingerprint density at radius 3 is 2.95 bits per heavy atom. The van der Waals surface area contributed by atoms with Gasteiger partial charge in [0, 0.05) is 13.6 Å². The normalized spacial score (nSPS) is 24.3. The van der Waals surface area contributed by atoms with Crippen LogP contribution in [0.15, 0.2) is 6.20 Å². The van der Waals surface area contributed by atoms with E-state index in [-0.39, 0.29) is 0 Å². The lowest BCUT2D eigenvalue weighted by atomic mass is 9.98. The standard InChI is InChI=1S/C14H22N6O/c1-14(21)4-3-6-20(7-5-14)9-11-17-12(15)10-8-16-19(2)13(10)18-11/h8,21H,3-7,9H2,1-2H3,(H2,15,17,18). The molecular weight excluding hydrogens is 268 g/mol. The van der Waals surface area contributed by atoms with Crippen LogP contribution in [-0.2, 0) is 13.6 Å². The van der Waals surface area contributed by atoms with Crippen molar-refractivity contribution in [3.8, 4) is 0 Å². The smallest absolute Gasteiger partial charge is 0.163 e. The van der Waals surface area contributed by atoms with Crippen molar-refractivity contribution in [2.45, 2.75) is 38.3 Å². The molecule has 0 saturated carbocycles. The van der Waals surface area contributed by atoms with Gasteiger partial charge in [-0.25, -0.2) is 9.97 Å². The summed E-state index contributed by atoms with van der Waals surface area (Å²) in [7, 11) is 1.85. The number of nitrogens with zero attached hydrogens (tertiary/aromatic N) is 5. The van der Waals surface area contributed by atoms with Gasteiger partial charge >= 0.3 is 0 Å². The molecule has 1 aliphatic rings. The molecule has 1 atom stereocenters. The van der Waals surface area contributed by atoms with Crippen molar-refractivity contribution in [1.82, 2.24) is 24.6 Å². The maximum Gasteiger partial charge on any atom is 0.163 e. The number of aromatic nitrogens is 4. The summed E-state index contributed by atoms with van der Waals surface area (Å²) in [6, 6.07) is 0. The van der Waals surface area contributed by atoms with Gasteiger partial charge in [-0.3, -0.25) is 9.58 Å². The fourth-order valence-electron chi connectivity index (χ4n) is 2.84. The fraction of sp³-hybridized carbons (Fsp3) is 0.643. The Kier molecular flexibility index (Phi) is 3.54. The average Bonchev–Trinajstić information content (AvgIpc) is 2.69. The first-order valence-electron chi connectivity index (χ1n) is 7.33. The second-order valence-electron chi connectivity index (χ2n) is 6.16. The summed E-state index contributed by atoms with van der Waals surface area (Å²) in [5.41, 5.74) is 6.19. The van der Waals surface area contributed by atoms with Crippen molar-refractivity contribution < 1.29 is 5.11 Å². The number of likely N-dealkylation sites (tertiary alicyclic amines) is 1. The molecule has 2 aromatic heterocycles. The van der Waals surface area contributed by atoms with Crippen molar-refractivity contribution in [3.63, 3.8) is 0 Å². The third kappa shape index (κ3) is 2.98. The van der Waals surface area contributed by atoms with E-state index >= 15 is 0 Å². The lowest BCUT2D eigenvalue weighted by Gasteiger charge is -2.21. The zero-order chi connectivity index (χ0) is 15.0. The molecule has 0 spiro atoms. The summed E-state index contributed by atoms with van der Waals surface area (Å²) in [4.78, 5) is 11.2. The van der Waals surface area contributed by atoms with Crippen LogP contribution >= 0.6 is 0 Å². The largest absolute Gasteiger partial charge is 0.390 e. The summed E-state index contributed by atoms with van der Waals surface area (Å²) in [6.07, 6.45) is 4.29. The highest BCUT2D eigenvalue weighted by Gasteiger charge is 2.25. The van der Waals surface area contributed by atoms with Crippen LogP contribution in [0.5, 0.6) is 0 Å². The van der Waals surface area contributed by atoms with Crippen LogP contribution in [0.4, 0.5) is 5.82 Å². The number of aliphatic hydroxyl groups is 1. The predicted octanol–water partition coefficient (Wildman–Crippen LogP) is 0.682. The number of rotatable bonds is 2. The molecule has 1 fully saturated rings. The summed E-state index contributed by atoms with van der Waals surface area (Å²) in [5.74, 6) is 1.19. The molecule has 2 aromatic rings. The van der Waals surface area contributed by atoms with Crippen LogP contribution in [0, 0.1) is 0 Å². The second-order valence-corrected chi connectivity index (χ2v) is 6.16. The minimum atomic E-state index is -0.555. The van der Waals surface area contributed by atoms with E-state index in [9.17, 15) is 5.11 Å². The average molecular weight is 290 g/mol. The minimum Gasteiger partial charge on any atom is -0.390 e. The molecule has 7 nitrogen and oxygen atoms in total. The van der Waals surface area contributed by atoms with Gasteiger partial charge in [0.25, 0.3) is 0 Å². The summed E-state index contributed by atoms with van der Waals surface area (Å²) in [6.45, 7) is 4.36. The minimum absolute atomic E-state index is 0.477. The highest BCUT2D eigenvalue weighted by molar-refractivity contribution is 5.84. The molecule has 1 aliphatic heterocycles. The highest BCUT2D eigenvalue weighted by atomic mass is 16.3. The molecule has 0 bridgehead atoms. The van der Waals surface area contributed by atoms with Gasteiger partial charge in [-0.15, -0.1) is 0 Å². The maximum absolute atomic E-state index is 10.1. The van der Waals surface area contributed by atoms with Gasteiger partial charge in [0.15, 0.2) is 5.65 Å². The van der Waals surface area contributed by atoms with E-state index in [2.05, 4.69) is 20.0 Å². The molecule has 3 rings (SSSR count). The van der Waals surface area contributed by atoms with E-state index in [1.807, 2.05) is 14.0 Å². The number of nitrogen functional groups attached to an aromatic ring is 1. The van der Waals surface area contributed by atoms with E-state index in [0.717, 1.165) is 43.4 Å². The molecule has 3 N–H and O–H groups in total. The first kappa shape index (κ1) is 14.2. The van der Waals surface area contributed by atoms with Crippen molar-refractivity contribution in [2.24, 2.45) is 7.05 Å². The Balaban J connectivity index is 1.80.